The molecule has 2 rings (SSSR count). The lowest BCUT2D eigenvalue weighted by Crippen LogP contribution is -2.49. The summed E-state index contributed by atoms with van der Waals surface area (Å²) in [7, 11) is 0. The molecule has 3 nitrogen and oxygen atoms in total. The molecule has 1 amide bonds. The standard InChI is InChI=1S/C14H20N2O/c1-4-12-9(2)14(15)11-7-5-6-8-13(11)16(12)10(3)17/h5-9,12,14H,4,15H2,1-3H3/t9-,12?,14+/m0/s1. The maximum absolute atomic E-state index is 11.9. The number of carbonyl (C=O) groups excluding carboxylic acids is 1. The van der Waals surface area contributed by atoms with Crippen molar-refractivity contribution < 1.29 is 4.79 Å². The average molecular weight is 232 g/mol. The fourth-order valence-electron chi connectivity index (χ4n) is 2.88. The van der Waals surface area contributed by atoms with Crippen LogP contribution < -0.4 is 10.6 Å². The maximum atomic E-state index is 11.9. The average Bonchev–Trinajstić information content (AvgIpc) is 2.33. The lowest BCUT2D eigenvalue weighted by Gasteiger charge is -2.43. The Morgan fingerprint density at radius 2 is 2.06 bits per heavy atom. The van der Waals surface area contributed by atoms with Crippen molar-refractivity contribution in [3.63, 3.8) is 0 Å². The third-order valence-corrected chi connectivity index (χ3v) is 3.82. The Morgan fingerprint density at radius 1 is 1.41 bits per heavy atom. The Morgan fingerprint density at radius 3 is 2.65 bits per heavy atom. The number of fused-ring (bicyclic) bond motifs is 1. The molecule has 0 aliphatic carbocycles. The second-order valence-corrected chi connectivity index (χ2v) is 4.81. The van der Waals surface area contributed by atoms with Crippen molar-refractivity contribution in [1.29, 1.82) is 0 Å². The molecule has 0 spiro atoms. The number of para-hydroxylation sites is 1. The van der Waals surface area contributed by atoms with Crippen LogP contribution in [0.3, 0.4) is 0 Å². The number of nitrogens with zero attached hydrogens (tertiary/aromatic N) is 1. The van der Waals surface area contributed by atoms with E-state index < -0.39 is 0 Å². The van der Waals surface area contributed by atoms with E-state index in [1.807, 2.05) is 29.2 Å². The zero-order valence-electron chi connectivity index (χ0n) is 10.7. The molecule has 0 aromatic heterocycles. The van der Waals surface area contributed by atoms with Crippen molar-refractivity contribution in [3.8, 4) is 0 Å². The maximum Gasteiger partial charge on any atom is 0.224 e. The van der Waals surface area contributed by atoms with Crippen LogP contribution in [0.25, 0.3) is 0 Å². The van der Waals surface area contributed by atoms with E-state index in [9.17, 15) is 4.79 Å². The minimum Gasteiger partial charge on any atom is -0.324 e. The summed E-state index contributed by atoms with van der Waals surface area (Å²) in [4.78, 5) is 13.8. The summed E-state index contributed by atoms with van der Waals surface area (Å²) in [6, 6.07) is 8.19. The first kappa shape index (κ1) is 12.1. The van der Waals surface area contributed by atoms with Gasteiger partial charge in [-0.2, -0.15) is 0 Å². The molecule has 0 fully saturated rings. The summed E-state index contributed by atoms with van der Waals surface area (Å²) in [5.41, 5.74) is 8.35. The van der Waals surface area contributed by atoms with Gasteiger partial charge in [-0.3, -0.25) is 4.79 Å². The third kappa shape index (κ3) is 1.84. The van der Waals surface area contributed by atoms with Gasteiger partial charge in [0.05, 0.1) is 0 Å². The lowest BCUT2D eigenvalue weighted by molar-refractivity contribution is -0.117. The van der Waals surface area contributed by atoms with E-state index in [4.69, 9.17) is 5.73 Å². The SMILES string of the molecule is CCC1[C@H](C)[C@@H](N)c2ccccc2N1C(C)=O. The molecule has 1 aliphatic heterocycles. The van der Waals surface area contributed by atoms with Crippen LogP contribution in [0.2, 0.25) is 0 Å². The summed E-state index contributed by atoms with van der Waals surface area (Å²) in [5.74, 6) is 0.391. The van der Waals surface area contributed by atoms with E-state index in [0.29, 0.717) is 5.92 Å². The van der Waals surface area contributed by atoms with Crippen molar-refractivity contribution >= 4 is 11.6 Å². The van der Waals surface area contributed by atoms with E-state index in [0.717, 1.165) is 17.7 Å². The fraction of sp³-hybridized carbons (Fsp3) is 0.500. The second-order valence-electron chi connectivity index (χ2n) is 4.81. The Kier molecular flexibility index (Phi) is 3.20. The molecule has 92 valence electrons. The van der Waals surface area contributed by atoms with Gasteiger partial charge in [0.25, 0.3) is 0 Å². The minimum atomic E-state index is 0.0201. The zero-order chi connectivity index (χ0) is 12.6. The molecule has 0 saturated carbocycles. The van der Waals surface area contributed by atoms with Crippen LogP contribution in [-0.2, 0) is 4.79 Å². The normalized spacial score (nSPS) is 27.8. The van der Waals surface area contributed by atoms with Crippen LogP contribution in [-0.4, -0.2) is 11.9 Å². The van der Waals surface area contributed by atoms with Crippen molar-refractivity contribution in [1.82, 2.24) is 0 Å². The first-order valence-electron chi connectivity index (χ1n) is 6.22. The smallest absolute Gasteiger partial charge is 0.224 e. The van der Waals surface area contributed by atoms with Gasteiger partial charge in [-0.1, -0.05) is 32.0 Å². The van der Waals surface area contributed by atoms with Gasteiger partial charge in [-0.15, -0.1) is 0 Å². The Labute approximate surface area is 103 Å². The van der Waals surface area contributed by atoms with E-state index >= 15 is 0 Å². The predicted octanol–water partition coefficient (Wildman–Crippen LogP) is 2.47. The van der Waals surface area contributed by atoms with E-state index in [2.05, 4.69) is 13.8 Å². The summed E-state index contributed by atoms with van der Waals surface area (Å²) < 4.78 is 0. The number of benzene rings is 1. The highest BCUT2D eigenvalue weighted by molar-refractivity contribution is 5.93. The molecule has 1 heterocycles. The Bertz CT molecular complexity index is 430. The molecule has 0 bridgehead atoms. The van der Waals surface area contributed by atoms with Gasteiger partial charge in [-0.25, -0.2) is 0 Å². The highest BCUT2D eigenvalue weighted by atomic mass is 16.2. The van der Waals surface area contributed by atoms with Crippen LogP contribution >= 0.6 is 0 Å². The predicted molar refractivity (Wildman–Crippen MR) is 69.8 cm³/mol. The number of hydrogen-bond acceptors (Lipinski definition) is 2. The highest BCUT2D eigenvalue weighted by Crippen LogP contribution is 2.40. The first-order valence-corrected chi connectivity index (χ1v) is 6.22. The molecule has 3 atom stereocenters. The van der Waals surface area contributed by atoms with Crippen LogP contribution in [0.4, 0.5) is 5.69 Å². The van der Waals surface area contributed by atoms with Crippen LogP contribution in [0.15, 0.2) is 24.3 Å². The quantitative estimate of drug-likeness (QED) is 0.808. The van der Waals surface area contributed by atoms with Gasteiger partial charge >= 0.3 is 0 Å². The summed E-state index contributed by atoms with van der Waals surface area (Å²) in [6.45, 7) is 5.87. The number of carbonyl (C=O) groups is 1. The topological polar surface area (TPSA) is 46.3 Å². The molecular weight excluding hydrogens is 212 g/mol. The second kappa shape index (κ2) is 4.49. The van der Waals surface area contributed by atoms with Crippen molar-refractivity contribution in [2.75, 3.05) is 4.90 Å². The van der Waals surface area contributed by atoms with E-state index in [1.54, 1.807) is 6.92 Å². The minimum absolute atomic E-state index is 0.0201. The van der Waals surface area contributed by atoms with E-state index in [-0.39, 0.29) is 18.0 Å². The summed E-state index contributed by atoms with van der Waals surface area (Å²) in [6.07, 6.45) is 0.933. The number of nitrogens with two attached hydrogens (primary N) is 1. The van der Waals surface area contributed by atoms with Crippen LogP contribution in [0.5, 0.6) is 0 Å². The van der Waals surface area contributed by atoms with Crippen LogP contribution in [0, 0.1) is 5.92 Å². The molecule has 0 radical (unpaired) electrons. The molecule has 0 saturated heterocycles. The Hall–Kier alpha value is -1.35. The van der Waals surface area contributed by atoms with Crippen molar-refractivity contribution in [2.24, 2.45) is 11.7 Å². The molecule has 3 heteroatoms. The fourth-order valence-corrected chi connectivity index (χ4v) is 2.88. The number of rotatable bonds is 1. The number of anilines is 1. The molecular formula is C14H20N2O. The highest BCUT2D eigenvalue weighted by Gasteiger charge is 2.37. The number of amides is 1. The first-order chi connectivity index (χ1) is 8.07. The molecule has 1 aromatic rings. The lowest BCUT2D eigenvalue weighted by atomic mass is 9.81. The number of hydrogen-bond donors (Lipinski definition) is 1. The zero-order valence-corrected chi connectivity index (χ0v) is 10.7. The summed E-state index contributed by atoms with van der Waals surface area (Å²) >= 11 is 0. The monoisotopic (exact) mass is 232 g/mol. The Balaban J connectivity index is 2.56. The van der Waals surface area contributed by atoms with Crippen LogP contribution in [0.1, 0.15) is 38.8 Å². The molecule has 1 aromatic carbocycles. The van der Waals surface area contributed by atoms with Gasteiger partial charge in [0.1, 0.15) is 0 Å². The van der Waals surface area contributed by atoms with Gasteiger partial charge in [0.2, 0.25) is 5.91 Å². The van der Waals surface area contributed by atoms with Gasteiger partial charge < -0.3 is 10.6 Å². The van der Waals surface area contributed by atoms with Gasteiger partial charge in [0, 0.05) is 24.7 Å². The van der Waals surface area contributed by atoms with Crippen molar-refractivity contribution in [3.05, 3.63) is 29.8 Å². The van der Waals surface area contributed by atoms with Gasteiger partial charge in [-0.05, 0) is 24.0 Å². The van der Waals surface area contributed by atoms with Crippen molar-refractivity contribution in [2.45, 2.75) is 39.3 Å². The summed E-state index contributed by atoms with van der Waals surface area (Å²) in [5, 5.41) is 0. The molecule has 1 unspecified atom stereocenters. The molecule has 1 aliphatic rings. The van der Waals surface area contributed by atoms with Gasteiger partial charge in [0.15, 0.2) is 0 Å². The molecule has 17 heavy (non-hydrogen) atoms. The third-order valence-electron chi connectivity index (χ3n) is 3.82. The van der Waals surface area contributed by atoms with E-state index in [1.165, 1.54) is 0 Å². The largest absolute Gasteiger partial charge is 0.324 e. The molecule has 2 N–H and O–H groups in total.